The zero-order valence-electron chi connectivity index (χ0n) is 9.14. The summed E-state index contributed by atoms with van der Waals surface area (Å²) in [5, 5.41) is 3.38. The topological polar surface area (TPSA) is 54.9 Å². The van der Waals surface area contributed by atoms with Crippen molar-refractivity contribution in [3.05, 3.63) is 53.1 Å². The van der Waals surface area contributed by atoms with E-state index >= 15 is 0 Å². The molecule has 0 saturated carbocycles. The molecule has 0 unspecified atom stereocenters. The molecule has 0 atom stereocenters. The van der Waals surface area contributed by atoms with E-state index in [-0.39, 0.29) is 5.91 Å². The Kier molecular flexibility index (Phi) is 3.35. The number of benzene rings is 1. The van der Waals surface area contributed by atoms with E-state index in [1.807, 2.05) is 0 Å². The monoisotopic (exact) mass is 247 g/mol. The number of hydrogen-bond donors (Lipinski definition) is 1. The quantitative estimate of drug-likeness (QED) is 0.888. The first-order chi connectivity index (χ1) is 8.16. The Morgan fingerprint density at radius 1 is 1.29 bits per heavy atom. The van der Waals surface area contributed by atoms with Crippen LogP contribution in [0.5, 0.6) is 0 Å². The second kappa shape index (κ2) is 4.93. The summed E-state index contributed by atoms with van der Waals surface area (Å²) in [6.45, 7) is 1.76. The summed E-state index contributed by atoms with van der Waals surface area (Å²) in [5.41, 5.74) is 1.79. The van der Waals surface area contributed by atoms with Gasteiger partial charge in [0, 0.05) is 16.9 Å². The molecule has 1 aromatic carbocycles. The Morgan fingerprint density at radius 2 is 2.00 bits per heavy atom. The second-order valence-corrected chi connectivity index (χ2v) is 3.92. The van der Waals surface area contributed by atoms with Crippen molar-refractivity contribution in [1.29, 1.82) is 0 Å². The van der Waals surface area contributed by atoms with Crippen LogP contribution in [0, 0.1) is 6.92 Å². The lowest BCUT2D eigenvalue weighted by atomic mass is 10.2. The van der Waals surface area contributed by atoms with Crippen LogP contribution in [0.1, 0.15) is 16.1 Å². The predicted molar refractivity (Wildman–Crippen MR) is 66.2 cm³/mol. The molecule has 86 valence electrons. The first-order valence-corrected chi connectivity index (χ1v) is 5.38. The highest BCUT2D eigenvalue weighted by Gasteiger charge is 2.09. The number of aryl methyl sites for hydroxylation is 1. The molecule has 1 aromatic heterocycles. The van der Waals surface area contributed by atoms with Gasteiger partial charge in [0.05, 0.1) is 11.3 Å². The van der Waals surface area contributed by atoms with Crippen LogP contribution in [0.4, 0.5) is 5.69 Å². The lowest BCUT2D eigenvalue weighted by Crippen LogP contribution is -2.14. The van der Waals surface area contributed by atoms with Gasteiger partial charge in [0.2, 0.25) is 0 Å². The van der Waals surface area contributed by atoms with Crippen LogP contribution in [0.2, 0.25) is 5.02 Å². The summed E-state index contributed by atoms with van der Waals surface area (Å²) in [5.74, 6) is -0.231. The average Bonchev–Trinajstić information content (AvgIpc) is 2.32. The number of carbonyl (C=O) groups excluding carboxylic acids is 1. The van der Waals surface area contributed by atoms with Crippen LogP contribution in [-0.2, 0) is 0 Å². The molecule has 0 aliphatic rings. The summed E-state index contributed by atoms with van der Waals surface area (Å²) in [6, 6.07) is 6.90. The minimum Gasteiger partial charge on any atom is -0.322 e. The lowest BCUT2D eigenvalue weighted by molar-refractivity contribution is 0.102. The molecule has 2 rings (SSSR count). The van der Waals surface area contributed by atoms with Crippen molar-refractivity contribution in [2.24, 2.45) is 0 Å². The fourth-order valence-electron chi connectivity index (χ4n) is 1.35. The number of aromatic nitrogens is 2. The van der Waals surface area contributed by atoms with Crippen LogP contribution in [0.25, 0.3) is 0 Å². The Balaban J connectivity index is 2.17. The zero-order chi connectivity index (χ0) is 12.3. The van der Waals surface area contributed by atoms with Crippen molar-refractivity contribution in [3.63, 3.8) is 0 Å². The van der Waals surface area contributed by atoms with Crippen molar-refractivity contribution in [1.82, 2.24) is 9.97 Å². The fraction of sp³-hybridized carbons (Fsp3) is 0.0833. The van der Waals surface area contributed by atoms with Gasteiger partial charge < -0.3 is 5.32 Å². The van der Waals surface area contributed by atoms with Gasteiger partial charge in [-0.05, 0) is 31.2 Å². The molecular formula is C12H10ClN3O. The summed E-state index contributed by atoms with van der Waals surface area (Å²) in [6.07, 6.45) is 2.90. The van der Waals surface area contributed by atoms with Crippen molar-refractivity contribution in [2.75, 3.05) is 5.32 Å². The summed E-state index contributed by atoms with van der Waals surface area (Å²) in [4.78, 5) is 19.7. The van der Waals surface area contributed by atoms with Crippen LogP contribution >= 0.6 is 11.6 Å². The first kappa shape index (κ1) is 11.5. The third-order valence-corrected chi connectivity index (χ3v) is 2.51. The minimum atomic E-state index is -0.231. The molecule has 5 heteroatoms. The van der Waals surface area contributed by atoms with E-state index in [9.17, 15) is 4.79 Å². The van der Waals surface area contributed by atoms with E-state index in [1.54, 1.807) is 31.2 Å². The lowest BCUT2D eigenvalue weighted by Gasteiger charge is -2.06. The Labute approximate surface area is 104 Å². The van der Waals surface area contributed by atoms with Gasteiger partial charge in [-0.1, -0.05) is 11.6 Å². The number of halogens is 1. The van der Waals surface area contributed by atoms with E-state index in [2.05, 4.69) is 15.3 Å². The number of amides is 1. The van der Waals surface area contributed by atoms with Gasteiger partial charge in [0.25, 0.3) is 5.91 Å². The number of anilines is 1. The Bertz CT molecular complexity index is 540. The number of nitrogens with one attached hydrogen (secondary N) is 1. The van der Waals surface area contributed by atoms with Gasteiger partial charge in [-0.2, -0.15) is 0 Å². The van der Waals surface area contributed by atoms with Crippen molar-refractivity contribution in [2.45, 2.75) is 6.92 Å². The van der Waals surface area contributed by atoms with E-state index in [0.29, 0.717) is 22.0 Å². The van der Waals surface area contributed by atoms with Crippen LogP contribution in [-0.4, -0.2) is 15.9 Å². The predicted octanol–water partition coefficient (Wildman–Crippen LogP) is 2.69. The highest BCUT2D eigenvalue weighted by Crippen LogP contribution is 2.14. The molecule has 0 fully saturated rings. The van der Waals surface area contributed by atoms with Crippen molar-refractivity contribution in [3.8, 4) is 0 Å². The molecule has 0 saturated heterocycles. The van der Waals surface area contributed by atoms with Crippen LogP contribution in [0.15, 0.2) is 36.8 Å². The molecule has 0 bridgehead atoms. The maximum atomic E-state index is 11.9. The number of carbonyl (C=O) groups is 1. The largest absolute Gasteiger partial charge is 0.322 e. The van der Waals surface area contributed by atoms with Crippen molar-refractivity contribution >= 4 is 23.2 Å². The van der Waals surface area contributed by atoms with Gasteiger partial charge in [-0.25, -0.2) is 9.97 Å². The van der Waals surface area contributed by atoms with E-state index in [4.69, 9.17) is 11.6 Å². The Morgan fingerprint density at radius 3 is 2.65 bits per heavy atom. The van der Waals surface area contributed by atoms with E-state index in [0.717, 1.165) is 0 Å². The molecule has 4 nitrogen and oxygen atoms in total. The molecule has 17 heavy (non-hydrogen) atoms. The second-order valence-electron chi connectivity index (χ2n) is 3.48. The van der Waals surface area contributed by atoms with Gasteiger partial charge in [0.15, 0.2) is 0 Å². The highest BCUT2D eigenvalue weighted by atomic mass is 35.5. The maximum absolute atomic E-state index is 11.9. The number of hydrogen-bond acceptors (Lipinski definition) is 3. The maximum Gasteiger partial charge on any atom is 0.259 e. The normalized spacial score (nSPS) is 10.0. The molecule has 0 aliphatic carbocycles. The molecule has 0 aliphatic heterocycles. The molecular weight excluding hydrogens is 238 g/mol. The number of nitrogens with zero attached hydrogens (tertiary/aromatic N) is 2. The fourth-order valence-corrected chi connectivity index (χ4v) is 1.47. The average molecular weight is 248 g/mol. The third-order valence-electron chi connectivity index (χ3n) is 2.26. The molecule has 2 aromatic rings. The van der Waals surface area contributed by atoms with Crippen LogP contribution < -0.4 is 5.32 Å². The third kappa shape index (κ3) is 2.79. The smallest absolute Gasteiger partial charge is 0.259 e. The van der Waals surface area contributed by atoms with Gasteiger partial charge in [0.1, 0.15) is 6.33 Å². The molecule has 1 N–H and O–H groups in total. The van der Waals surface area contributed by atoms with Gasteiger partial charge in [-0.15, -0.1) is 0 Å². The van der Waals surface area contributed by atoms with Crippen LogP contribution in [0.3, 0.4) is 0 Å². The first-order valence-electron chi connectivity index (χ1n) is 5.00. The summed E-state index contributed by atoms with van der Waals surface area (Å²) in [7, 11) is 0. The molecule has 0 radical (unpaired) electrons. The minimum absolute atomic E-state index is 0.231. The van der Waals surface area contributed by atoms with E-state index < -0.39 is 0 Å². The Hall–Kier alpha value is -1.94. The standard InChI is InChI=1S/C12H10ClN3O/c1-8-11(6-14-7-15-8)12(17)16-10-4-2-9(13)3-5-10/h2-7H,1H3,(H,16,17). The summed E-state index contributed by atoms with van der Waals surface area (Å²) >= 11 is 5.76. The number of rotatable bonds is 2. The summed E-state index contributed by atoms with van der Waals surface area (Å²) < 4.78 is 0. The highest BCUT2D eigenvalue weighted by molar-refractivity contribution is 6.30. The SMILES string of the molecule is Cc1ncncc1C(=O)Nc1ccc(Cl)cc1. The zero-order valence-corrected chi connectivity index (χ0v) is 9.90. The van der Waals surface area contributed by atoms with E-state index in [1.165, 1.54) is 12.5 Å². The van der Waals surface area contributed by atoms with Crippen molar-refractivity contribution < 1.29 is 4.79 Å². The molecule has 1 heterocycles. The van der Waals surface area contributed by atoms with Gasteiger partial charge >= 0.3 is 0 Å². The van der Waals surface area contributed by atoms with Gasteiger partial charge in [-0.3, -0.25) is 4.79 Å². The molecule has 0 spiro atoms. The molecule has 1 amide bonds.